The van der Waals surface area contributed by atoms with Crippen LogP contribution in [0.2, 0.25) is 5.02 Å². The number of nitro benzene ring substituents is 1. The van der Waals surface area contributed by atoms with Crippen LogP contribution < -0.4 is 0 Å². The van der Waals surface area contributed by atoms with E-state index in [4.69, 9.17) is 11.6 Å². The lowest BCUT2D eigenvalue weighted by Crippen LogP contribution is -1.90. The molecule has 0 aliphatic rings. The van der Waals surface area contributed by atoms with Crippen molar-refractivity contribution in [1.29, 1.82) is 0 Å². The second-order valence-electron chi connectivity index (χ2n) is 3.88. The van der Waals surface area contributed by atoms with Gasteiger partial charge < -0.3 is 0 Å². The Labute approximate surface area is 110 Å². The quantitative estimate of drug-likeness (QED) is 0.615. The maximum absolute atomic E-state index is 10.5. The summed E-state index contributed by atoms with van der Waals surface area (Å²) >= 11 is 5.80. The topological polar surface area (TPSA) is 43.1 Å². The largest absolute Gasteiger partial charge is 0.269 e. The van der Waals surface area contributed by atoms with Gasteiger partial charge in [-0.25, -0.2) is 0 Å². The third-order valence-corrected chi connectivity index (χ3v) is 2.84. The first-order valence-electron chi connectivity index (χ1n) is 5.47. The summed E-state index contributed by atoms with van der Waals surface area (Å²) in [6.07, 6.45) is 2.79. The molecular weight excluding hydrogens is 250 g/mol. The molecule has 91 valence electrons. The Morgan fingerprint density at radius 3 is 2.22 bits per heavy atom. The fraction of sp³-hybridized carbons (Fsp3) is 0.0714. The molecule has 18 heavy (non-hydrogen) atoms. The summed E-state index contributed by atoms with van der Waals surface area (Å²) in [5.41, 5.74) is 2.23. The highest BCUT2D eigenvalue weighted by atomic mass is 35.5. The minimum Gasteiger partial charge on any atom is -0.258 e. The Balaban J connectivity index is 1.97. The molecule has 0 heterocycles. The number of hydrogen-bond acceptors (Lipinski definition) is 2. The number of halogens is 1. The maximum atomic E-state index is 10.5. The van der Waals surface area contributed by atoms with Crippen LogP contribution in [0, 0.1) is 16.5 Å². The summed E-state index contributed by atoms with van der Waals surface area (Å²) in [6, 6.07) is 14.1. The van der Waals surface area contributed by atoms with Crippen molar-refractivity contribution in [2.75, 3.05) is 0 Å². The van der Waals surface area contributed by atoms with Crippen molar-refractivity contribution in [3.05, 3.63) is 81.2 Å². The van der Waals surface area contributed by atoms with E-state index in [0.29, 0.717) is 5.02 Å². The first-order valence-corrected chi connectivity index (χ1v) is 5.85. The molecule has 3 nitrogen and oxygen atoms in total. The summed E-state index contributed by atoms with van der Waals surface area (Å²) in [6.45, 7) is 0. The minimum atomic E-state index is -0.400. The smallest absolute Gasteiger partial charge is 0.258 e. The van der Waals surface area contributed by atoms with Gasteiger partial charge in [0.1, 0.15) is 0 Å². The molecule has 1 radical (unpaired) electrons. The first-order chi connectivity index (χ1) is 8.65. The number of hydrogen-bond donors (Lipinski definition) is 0. The van der Waals surface area contributed by atoms with Crippen molar-refractivity contribution < 1.29 is 4.92 Å². The van der Waals surface area contributed by atoms with E-state index in [0.717, 1.165) is 17.5 Å². The SMILES string of the molecule is O=[N+]([O-])c1ccc([CH]Cc2ccc(Cl)cc2)cc1. The first kappa shape index (κ1) is 12.6. The molecule has 0 saturated heterocycles. The normalized spacial score (nSPS) is 10.3. The predicted molar refractivity (Wildman–Crippen MR) is 71.7 cm³/mol. The molecule has 0 aromatic heterocycles. The van der Waals surface area contributed by atoms with Crippen molar-refractivity contribution in [3.8, 4) is 0 Å². The molecule has 2 rings (SSSR count). The summed E-state index contributed by atoms with van der Waals surface area (Å²) in [4.78, 5) is 10.1. The van der Waals surface area contributed by atoms with Gasteiger partial charge in [0.15, 0.2) is 0 Å². The number of non-ortho nitro benzene ring substituents is 1. The van der Waals surface area contributed by atoms with Gasteiger partial charge in [-0.2, -0.15) is 0 Å². The van der Waals surface area contributed by atoms with Crippen LogP contribution in [0.5, 0.6) is 0 Å². The van der Waals surface area contributed by atoms with Crippen LogP contribution in [0.4, 0.5) is 5.69 Å². The Morgan fingerprint density at radius 2 is 1.67 bits per heavy atom. The van der Waals surface area contributed by atoms with Crippen LogP contribution in [0.1, 0.15) is 11.1 Å². The Kier molecular flexibility index (Phi) is 3.95. The van der Waals surface area contributed by atoms with Gasteiger partial charge in [-0.05, 0) is 36.1 Å². The number of benzene rings is 2. The zero-order valence-corrected chi connectivity index (χ0v) is 10.3. The second-order valence-corrected chi connectivity index (χ2v) is 4.32. The number of rotatable bonds is 4. The number of nitro groups is 1. The molecule has 2 aromatic rings. The lowest BCUT2D eigenvalue weighted by atomic mass is 10.0. The van der Waals surface area contributed by atoms with Gasteiger partial charge >= 0.3 is 0 Å². The van der Waals surface area contributed by atoms with Crippen LogP contribution in [-0.4, -0.2) is 4.92 Å². The Morgan fingerprint density at radius 1 is 1.06 bits per heavy atom. The molecular formula is C14H11ClNO2. The molecule has 0 fully saturated rings. The van der Waals surface area contributed by atoms with E-state index < -0.39 is 4.92 Å². The van der Waals surface area contributed by atoms with Crippen molar-refractivity contribution in [1.82, 2.24) is 0 Å². The van der Waals surface area contributed by atoms with E-state index in [9.17, 15) is 10.1 Å². The summed E-state index contributed by atoms with van der Waals surface area (Å²) in [5.74, 6) is 0. The van der Waals surface area contributed by atoms with E-state index in [1.165, 1.54) is 12.1 Å². The maximum Gasteiger partial charge on any atom is 0.269 e. The van der Waals surface area contributed by atoms with Crippen molar-refractivity contribution in [2.24, 2.45) is 0 Å². The molecule has 0 aliphatic heterocycles. The minimum absolute atomic E-state index is 0.110. The standard InChI is InChI=1S/C14H11ClNO2/c15-13-7-3-11(4-8-13)1-2-12-5-9-14(10-6-12)16(17)18/h2-10H,1H2. The molecule has 0 amide bonds. The van der Waals surface area contributed by atoms with Gasteiger partial charge in [-0.15, -0.1) is 0 Å². The van der Waals surface area contributed by atoms with E-state index in [1.54, 1.807) is 12.1 Å². The van der Waals surface area contributed by atoms with Crippen LogP contribution in [0.15, 0.2) is 48.5 Å². The van der Waals surface area contributed by atoms with Crippen molar-refractivity contribution in [2.45, 2.75) is 6.42 Å². The highest BCUT2D eigenvalue weighted by molar-refractivity contribution is 6.30. The zero-order valence-electron chi connectivity index (χ0n) is 9.54. The lowest BCUT2D eigenvalue weighted by molar-refractivity contribution is -0.384. The Bertz CT molecular complexity index is 535. The van der Waals surface area contributed by atoms with Crippen LogP contribution in [-0.2, 0) is 6.42 Å². The summed E-state index contributed by atoms with van der Waals surface area (Å²) < 4.78 is 0. The van der Waals surface area contributed by atoms with Gasteiger partial charge in [0.25, 0.3) is 5.69 Å². The molecule has 2 aromatic carbocycles. The van der Waals surface area contributed by atoms with Crippen LogP contribution in [0.3, 0.4) is 0 Å². The molecule has 0 bridgehead atoms. The van der Waals surface area contributed by atoms with Gasteiger partial charge in [0.2, 0.25) is 0 Å². The molecule has 0 aliphatic carbocycles. The molecule has 4 heteroatoms. The summed E-state index contributed by atoms with van der Waals surface area (Å²) in [7, 11) is 0. The lowest BCUT2D eigenvalue weighted by Gasteiger charge is -2.02. The van der Waals surface area contributed by atoms with Gasteiger partial charge in [0, 0.05) is 17.2 Å². The Hall–Kier alpha value is -1.87. The third kappa shape index (κ3) is 3.31. The fourth-order valence-corrected chi connectivity index (χ4v) is 1.71. The average Bonchev–Trinajstić information content (AvgIpc) is 2.38. The number of nitrogens with zero attached hydrogens (tertiary/aromatic N) is 1. The molecule has 0 spiro atoms. The molecule has 0 N–H and O–H groups in total. The predicted octanol–water partition coefficient (Wildman–Crippen LogP) is 4.04. The molecule has 0 saturated carbocycles. The monoisotopic (exact) mass is 260 g/mol. The van der Waals surface area contributed by atoms with E-state index in [1.807, 2.05) is 30.7 Å². The van der Waals surface area contributed by atoms with E-state index in [2.05, 4.69) is 0 Å². The highest BCUT2D eigenvalue weighted by Gasteiger charge is 2.04. The summed E-state index contributed by atoms with van der Waals surface area (Å²) in [5, 5.41) is 11.2. The van der Waals surface area contributed by atoms with E-state index >= 15 is 0 Å². The third-order valence-electron chi connectivity index (χ3n) is 2.59. The fourth-order valence-electron chi connectivity index (χ4n) is 1.59. The zero-order chi connectivity index (χ0) is 13.0. The molecule has 0 unspecified atom stereocenters. The van der Waals surface area contributed by atoms with Crippen LogP contribution in [0.25, 0.3) is 0 Å². The second kappa shape index (κ2) is 5.65. The van der Waals surface area contributed by atoms with Gasteiger partial charge in [0.05, 0.1) is 4.92 Å². The molecule has 0 atom stereocenters. The van der Waals surface area contributed by atoms with E-state index in [-0.39, 0.29) is 5.69 Å². The van der Waals surface area contributed by atoms with Crippen molar-refractivity contribution >= 4 is 17.3 Å². The highest BCUT2D eigenvalue weighted by Crippen LogP contribution is 2.16. The average molecular weight is 261 g/mol. The van der Waals surface area contributed by atoms with Crippen LogP contribution >= 0.6 is 11.6 Å². The van der Waals surface area contributed by atoms with Gasteiger partial charge in [-0.3, -0.25) is 10.1 Å². The van der Waals surface area contributed by atoms with Gasteiger partial charge in [-0.1, -0.05) is 35.9 Å². The van der Waals surface area contributed by atoms with Crippen molar-refractivity contribution in [3.63, 3.8) is 0 Å².